The molecule has 0 unspecified atom stereocenters. The van der Waals surface area contributed by atoms with Crippen LogP contribution in [0.4, 0.5) is 10.1 Å². The Morgan fingerprint density at radius 1 is 1.21 bits per heavy atom. The summed E-state index contributed by atoms with van der Waals surface area (Å²) in [5, 5.41) is 12.4. The van der Waals surface area contributed by atoms with E-state index in [2.05, 4.69) is 5.32 Å². The van der Waals surface area contributed by atoms with E-state index in [4.69, 9.17) is 16.3 Å². The third-order valence-electron chi connectivity index (χ3n) is 3.19. The Bertz CT molecular complexity index is 739. The molecular weight excluding hydrogens is 337 g/mol. The van der Waals surface area contributed by atoms with Crippen LogP contribution in [0.5, 0.6) is 0 Å². The molecule has 0 bridgehead atoms. The van der Waals surface area contributed by atoms with Gasteiger partial charge in [0.2, 0.25) is 0 Å². The van der Waals surface area contributed by atoms with Crippen LogP contribution in [0.2, 0.25) is 5.02 Å². The van der Waals surface area contributed by atoms with E-state index >= 15 is 0 Å². The molecule has 0 spiro atoms. The highest BCUT2D eigenvalue weighted by Crippen LogP contribution is 2.23. The van der Waals surface area contributed by atoms with E-state index in [1.165, 1.54) is 13.0 Å². The second-order valence-corrected chi connectivity index (χ2v) is 5.41. The molecule has 0 aliphatic carbocycles. The predicted octanol–water partition coefficient (Wildman–Crippen LogP) is 3.08. The predicted molar refractivity (Wildman–Crippen MR) is 87.0 cm³/mol. The van der Waals surface area contributed by atoms with Crippen molar-refractivity contribution in [1.29, 1.82) is 0 Å². The monoisotopic (exact) mass is 351 g/mol. The number of aliphatic hydroxyl groups excluding tert-OH is 1. The maximum absolute atomic E-state index is 13.0. The van der Waals surface area contributed by atoms with E-state index in [0.717, 1.165) is 12.1 Å². The van der Waals surface area contributed by atoms with Crippen LogP contribution in [0.25, 0.3) is 0 Å². The molecule has 0 aromatic heterocycles. The standard InChI is InChI=1S/C17H15ClFNO4/c1-10(16(22)20-14-8-7-12(19)9-13(14)18)24-17(23)15(21)11-5-3-2-4-6-11/h2-10,15,21H,1H3,(H,20,22)/t10-,15+/m0/s1. The highest BCUT2D eigenvalue weighted by atomic mass is 35.5. The molecule has 0 heterocycles. The lowest BCUT2D eigenvalue weighted by atomic mass is 10.1. The molecule has 0 saturated carbocycles. The summed E-state index contributed by atoms with van der Waals surface area (Å²) in [5.74, 6) is -2.14. The SMILES string of the molecule is C[C@H](OC(=O)[C@H](O)c1ccccc1)C(=O)Nc1ccc(F)cc1Cl. The van der Waals surface area contributed by atoms with Crippen molar-refractivity contribution in [2.24, 2.45) is 0 Å². The van der Waals surface area contributed by atoms with Crippen molar-refractivity contribution in [3.63, 3.8) is 0 Å². The van der Waals surface area contributed by atoms with Gasteiger partial charge in [0.1, 0.15) is 5.82 Å². The maximum Gasteiger partial charge on any atom is 0.340 e. The molecule has 2 atom stereocenters. The van der Waals surface area contributed by atoms with Crippen LogP contribution in [0.1, 0.15) is 18.6 Å². The lowest BCUT2D eigenvalue weighted by Crippen LogP contribution is -2.31. The fourth-order valence-corrected chi connectivity index (χ4v) is 2.10. The van der Waals surface area contributed by atoms with E-state index in [1.54, 1.807) is 30.3 Å². The molecule has 2 aromatic carbocycles. The summed E-state index contributed by atoms with van der Waals surface area (Å²) in [6.45, 7) is 1.35. The average molecular weight is 352 g/mol. The summed E-state index contributed by atoms with van der Waals surface area (Å²) in [7, 11) is 0. The van der Waals surface area contributed by atoms with E-state index in [-0.39, 0.29) is 10.7 Å². The Balaban J connectivity index is 1.97. The van der Waals surface area contributed by atoms with Gasteiger partial charge in [0.05, 0.1) is 10.7 Å². The number of rotatable bonds is 5. The summed E-state index contributed by atoms with van der Waals surface area (Å²) in [4.78, 5) is 23.9. The van der Waals surface area contributed by atoms with Crippen LogP contribution < -0.4 is 5.32 Å². The Kier molecular flexibility index (Phi) is 5.89. The highest BCUT2D eigenvalue weighted by Gasteiger charge is 2.24. The number of hydrogen-bond donors (Lipinski definition) is 2. The van der Waals surface area contributed by atoms with Crippen molar-refractivity contribution >= 4 is 29.2 Å². The summed E-state index contributed by atoms with van der Waals surface area (Å²) < 4.78 is 17.9. The maximum atomic E-state index is 13.0. The summed E-state index contributed by atoms with van der Waals surface area (Å²) >= 11 is 5.81. The van der Waals surface area contributed by atoms with Crippen LogP contribution in [0.15, 0.2) is 48.5 Å². The molecule has 0 radical (unpaired) electrons. The number of amides is 1. The van der Waals surface area contributed by atoms with Gasteiger partial charge < -0.3 is 15.2 Å². The minimum absolute atomic E-state index is 0.0196. The minimum atomic E-state index is -1.49. The number of anilines is 1. The first-order valence-electron chi connectivity index (χ1n) is 7.08. The zero-order valence-corrected chi connectivity index (χ0v) is 13.5. The number of carbonyl (C=O) groups is 2. The number of esters is 1. The van der Waals surface area contributed by atoms with Gasteiger partial charge >= 0.3 is 5.97 Å². The zero-order valence-electron chi connectivity index (χ0n) is 12.7. The normalized spacial score (nSPS) is 13.0. The quantitative estimate of drug-likeness (QED) is 0.812. The largest absolute Gasteiger partial charge is 0.450 e. The highest BCUT2D eigenvalue weighted by molar-refractivity contribution is 6.33. The van der Waals surface area contributed by atoms with Crippen molar-refractivity contribution in [3.8, 4) is 0 Å². The summed E-state index contributed by atoms with van der Waals surface area (Å²) in [5.41, 5.74) is 0.547. The first kappa shape index (κ1) is 17.9. The number of carbonyl (C=O) groups excluding carboxylic acids is 2. The summed E-state index contributed by atoms with van der Waals surface area (Å²) in [6.07, 6.45) is -2.66. The molecule has 126 valence electrons. The minimum Gasteiger partial charge on any atom is -0.450 e. The van der Waals surface area contributed by atoms with Crippen LogP contribution in [-0.2, 0) is 14.3 Å². The zero-order chi connectivity index (χ0) is 17.7. The second-order valence-electron chi connectivity index (χ2n) is 5.01. The number of nitrogens with one attached hydrogen (secondary N) is 1. The van der Waals surface area contributed by atoms with Crippen molar-refractivity contribution in [2.45, 2.75) is 19.1 Å². The summed E-state index contributed by atoms with van der Waals surface area (Å²) in [6, 6.07) is 11.7. The smallest absolute Gasteiger partial charge is 0.340 e. The molecule has 0 aliphatic rings. The van der Waals surface area contributed by atoms with Gasteiger partial charge in [-0.3, -0.25) is 4.79 Å². The van der Waals surface area contributed by atoms with Gasteiger partial charge in [-0.2, -0.15) is 0 Å². The fraction of sp³-hybridized carbons (Fsp3) is 0.176. The van der Waals surface area contributed by atoms with Crippen molar-refractivity contribution in [1.82, 2.24) is 0 Å². The Morgan fingerprint density at radius 3 is 2.50 bits per heavy atom. The lowest BCUT2D eigenvalue weighted by Gasteiger charge is -2.16. The van der Waals surface area contributed by atoms with Gasteiger partial charge in [-0.15, -0.1) is 0 Å². The molecule has 5 nitrogen and oxygen atoms in total. The first-order chi connectivity index (χ1) is 11.4. The third kappa shape index (κ3) is 4.53. The number of ether oxygens (including phenoxy) is 1. The Morgan fingerprint density at radius 2 is 1.88 bits per heavy atom. The first-order valence-corrected chi connectivity index (χ1v) is 7.45. The molecule has 7 heteroatoms. The molecule has 2 N–H and O–H groups in total. The molecular formula is C17H15ClFNO4. The van der Waals surface area contributed by atoms with Crippen LogP contribution in [0, 0.1) is 5.82 Å². The van der Waals surface area contributed by atoms with E-state index in [1.807, 2.05) is 0 Å². The molecule has 1 amide bonds. The van der Waals surface area contributed by atoms with Gasteiger partial charge in [-0.25, -0.2) is 9.18 Å². The molecule has 2 rings (SSSR count). The number of aliphatic hydroxyl groups is 1. The number of hydrogen-bond acceptors (Lipinski definition) is 4. The lowest BCUT2D eigenvalue weighted by molar-refractivity contribution is -0.162. The molecule has 0 fully saturated rings. The fourth-order valence-electron chi connectivity index (χ4n) is 1.89. The van der Waals surface area contributed by atoms with Crippen LogP contribution in [0.3, 0.4) is 0 Å². The molecule has 24 heavy (non-hydrogen) atoms. The molecule has 0 aliphatic heterocycles. The van der Waals surface area contributed by atoms with E-state index < -0.39 is 29.9 Å². The number of halogens is 2. The second kappa shape index (κ2) is 7.90. The van der Waals surface area contributed by atoms with Gasteiger partial charge in [0.25, 0.3) is 5.91 Å². The Labute approximate surface area is 143 Å². The van der Waals surface area contributed by atoms with Gasteiger partial charge in [0.15, 0.2) is 12.2 Å². The van der Waals surface area contributed by atoms with Gasteiger partial charge in [0, 0.05) is 0 Å². The average Bonchev–Trinajstić information content (AvgIpc) is 2.57. The van der Waals surface area contributed by atoms with E-state index in [0.29, 0.717) is 5.56 Å². The van der Waals surface area contributed by atoms with Crippen molar-refractivity contribution in [2.75, 3.05) is 5.32 Å². The van der Waals surface area contributed by atoms with Crippen molar-refractivity contribution < 1.29 is 23.8 Å². The number of benzene rings is 2. The molecule has 2 aromatic rings. The third-order valence-corrected chi connectivity index (χ3v) is 3.50. The van der Waals surface area contributed by atoms with Crippen molar-refractivity contribution in [3.05, 3.63) is 64.9 Å². The topological polar surface area (TPSA) is 75.6 Å². The van der Waals surface area contributed by atoms with Gasteiger partial charge in [-0.05, 0) is 30.7 Å². The van der Waals surface area contributed by atoms with Crippen LogP contribution >= 0.6 is 11.6 Å². The van der Waals surface area contributed by atoms with E-state index in [9.17, 15) is 19.1 Å². The van der Waals surface area contributed by atoms with Gasteiger partial charge in [-0.1, -0.05) is 41.9 Å². The Hall–Kier alpha value is -2.44. The molecule has 0 saturated heterocycles. The van der Waals surface area contributed by atoms with Crippen LogP contribution in [-0.4, -0.2) is 23.1 Å².